The van der Waals surface area contributed by atoms with Crippen LogP contribution in [0.25, 0.3) is 11.5 Å². The van der Waals surface area contributed by atoms with Crippen molar-refractivity contribution in [2.75, 3.05) is 7.11 Å². The third kappa shape index (κ3) is 3.40. The number of furan rings is 1. The lowest BCUT2D eigenvalue weighted by Gasteiger charge is -2.04. The summed E-state index contributed by atoms with van der Waals surface area (Å²) in [6, 6.07) is 5.63. The molecule has 0 unspecified atom stereocenters. The highest BCUT2D eigenvalue weighted by molar-refractivity contribution is 5.69. The molecule has 2 aromatic heterocycles. The van der Waals surface area contributed by atoms with Crippen LogP contribution in [0.4, 0.5) is 0 Å². The van der Waals surface area contributed by atoms with Crippen LogP contribution in [0.3, 0.4) is 0 Å². The standard InChI is InChI=1S/C14H16N2O3/c1-9-8-11(12-5-4-10(2)19-12)16-13(15-9)6-7-14(17)18-3/h4-5,8H,6-7H2,1-3H3. The first-order valence-corrected chi connectivity index (χ1v) is 6.06. The molecule has 0 saturated carbocycles. The lowest BCUT2D eigenvalue weighted by atomic mass is 10.2. The van der Waals surface area contributed by atoms with Crippen LogP contribution < -0.4 is 0 Å². The number of aromatic nitrogens is 2. The summed E-state index contributed by atoms with van der Waals surface area (Å²) in [5.41, 5.74) is 1.58. The van der Waals surface area contributed by atoms with Crippen LogP contribution in [-0.2, 0) is 16.0 Å². The Morgan fingerprint density at radius 1 is 1.32 bits per heavy atom. The van der Waals surface area contributed by atoms with Crippen molar-refractivity contribution < 1.29 is 13.9 Å². The number of carbonyl (C=O) groups is 1. The maximum Gasteiger partial charge on any atom is 0.305 e. The Balaban J connectivity index is 2.22. The molecule has 2 heterocycles. The number of nitrogens with zero attached hydrogens (tertiary/aromatic N) is 2. The van der Waals surface area contributed by atoms with Crippen molar-refractivity contribution in [3.05, 3.63) is 35.5 Å². The maximum atomic E-state index is 11.1. The first kappa shape index (κ1) is 13.3. The van der Waals surface area contributed by atoms with E-state index in [0.29, 0.717) is 18.0 Å². The number of hydrogen-bond donors (Lipinski definition) is 0. The van der Waals surface area contributed by atoms with Gasteiger partial charge in [0.2, 0.25) is 0 Å². The molecule has 2 aromatic rings. The Kier molecular flexibility index (Phi) is 3.94. The summed E-state index contributed by atoms with van der Waals surface area (Å²) in [6.07, 6.45) is 0.734. The van der Waals surface area contributed by atoms with Gasteiger partial charge in [-0.15, -0.1) is 0 Å². The van der Waals surface area contributed by atoms with Gasteiger partial charge in [-0.1, -0.05) is 0 Å². The molecule has 0 aliphatic rings. The molecule has 2 rings (SSSR count). The minimum atomic E-state index is -0.263. The second-order valence-electron chi connectivity index (χ2n) is 4.30. The van der Waals surface area contributed by atoms with Crippen LogP contribution in [-0.4, -0.2) is 23.0 Å². The van der Waals surface area contributed by atoms with Gasteiger partial charge in [-0.3, -0.25) is 4.79 Å². The SMILES string of the molecule is COC(=O)CCc1nc(C)cc(-c2ccc(C)o2)n1. The summed E-state index contributed by atoms with van der Waals surface area (Å²) in [5, 5.41) is 0. The fourth-order valence-electron chi connectivity index (χ4n) is 1.76. The van der Waals surface area contributed by atoms with Crippen LogP contribution in [0, 0.1) is 13.8 Å². The van der Waals surface area contributed by atoms with Gasteiger partial charge < -0.3 is 9.15 Å². The van der Waals surface area contributed by atoms with Crippen LogP contribution in [0.1, 0.15) is 23.7 Å². The molecule has 0 fully saturated rings. The molecular formula is C14H16N2O3. The average Bonchev–Trinajstić information content (AvgIpc) is 2.82. The summed E-state index contributed by atoms with van der Waals surface area (Å²) in [4.78, 5) is 19.9. The van der Waals surface area contributed by atoms with E-state index in [1.807, 2.05) is 32.0 Å². The molecular weight excluding hydrogens is 244 g/mol. The van der Waals surface area contributed by atoms with Crippen molar-refractivity contribution in [1.82, 2.24) is 9.97 Å². The van der Waals surface area contributed by atoms with Gasteiger partial charge in [0, 0.05) is 12.1 Å². The number of methoxy groups -OCH3 is 1. The summed E-state index contributed by atoms with van der Waals surface area (Å²) >= 11 is 0. The largest absolute Gasteiger partial charge is 0.469 e. The summed E-state index contributed by atoms with van der Waals surface area (Å²) < 4.78 is 10.2. The van der Waals surface area contributed by atoms with E-state index in [1.54, 1.807) is 0 Å². The third-order valence-electron chi connectivity index (χ3n) is 2.67. The van der Waals surface area contributed by atoms with Gasteiger partial charge in [-0.25, -0.2) is 9.97 Å². The van der Waals surface area contributed by atoms with E-state index < -0.39 is 0 Å². The van der Waals surface area contributed by atoms with E-state index in [9.17, 15) is 4.79 Å². The first-order valence-electron chi connectivity index (χ1n) is 6.06. The van der Waals surface area contributed by atoms with Gasteiger partial charge in [0.05, 0.1) is 13.5 Å². The topological polar surface area (TPSA) is 65.2 Å². The van der Waals surface area contributed by atoms with Crippen molar-refractivity contribution in [1.29, 1.82) is 0 Å². The van der Waals surface area contributed by atoms with Crippen molar-refractivity contribution in [3.8, 4) is 11.5 Å². The molecule has 0 aromatic carbocycles. The zero-order valence-corrected chi connectivity index (χ0v) is 11.3. The zero-order valence-electron chi connectivity index (χ0n) is 11.3. The highest BCUT2D eigenvalue weighted by Gasteiger charge is 2.09. The van der Waals surface area contributed by atoms with Gasteiger partial charge in [0.25, 0.3) is 0 Å². The van der Waals surface area contributed by atoms with Crippen LogP contribution in [0.2, 0.25) is 0 Å². The molecule has 0 aliphatic carbocycles. The second-order valence-corrected chi connectivity index (χ2v) is 4.30. The van der Waals surface area contributed by atoms with Gasteiger partial charge >= 0.3 is 5.97 Å². The predicted molar refractivity (Wildman–Crippen MR) is 69.5 cm³/mol. The smallest absolute Gasteiger partial charge is 0.305 e. The molecule has 0 radical (unpaired) electrons. The summed E-state index contributed by atoms with van der Waals surface area (Å²) in [6.45, 7) is 3.78. The monoisotopic (exact) mass is 260 g/mol. The molecule has 5 nitrogen and oxygen atoms in total. The molecule has 5 heteroatoms. The van der Waals surface area contributed by atoms with Gasteiger partial charge in [-0.05, 0) is 32.0 Å². The Hall–Kier alpha value is -2.17. The average molecular weight is 260 g/mol. The van der Waals surface area contributed by atoms with E-state index in [1.165, 1.54) is 7.11 Å². The molecule has 0 amide bonds. The predicted octanol–water partition coefficient (Wildman–Crippen LogP) is 2.46. The Morgan fingerprint density at radius 3 is 2.74 bits per heavy atom. The van der Waals surface area contributed by atoms with Gasteiger partial charge in [-0.2, -0.15) is 0 Å². The highest BCUT2D eigenvalue weighted by atomic mass is 16.5. The normalized spacial score (nSPS) is 10.5. The van der Waals surface area contributed by atoms with Crippen LogP contribution >= 0.6 is 0 Å². The van der Waals surface area contributed by atoms with E-state index in [0.717, 1.165) is 17.1 Å². The zero-order chi connectivity index (χ0) is 13.8. The molecule has 0 saturated heterocycles. The minimum absolute atomic E-state index is 0.263. The number of esters is 1. The number of carbonyl (C=O) groups excluding carboxylic acids is 1. The fraction of sp³-hybridized carbons (Fsp3) is 0.357. The van der Waals surface area contributed by atoms with Gasteiger partial charge in [0.15, 0.2) is 5.76 Å². The molecule has 0 N–H and O–H groups in total. The number of rotatable bonds is 4. The molecule has 0 aliphatic heterocycles. The van der Waals surface area contributed by atoms with E-state index in [2.05, 4.69) is 14.7 Å². The van der Waals surface area contributed by atoms with E-state index in [-0.39, 0.29) is 12.4 Å². The van der Waals surface area contributed by atoms with Crippen LogP contribution in [0.15, 0.2) is 22.6 Å². The summed E-state index contributed by atoms with van der Waals surface area (Å²) in [5.74, 6) is 1.90. The lowest BCUT2D eigenvalue weighted by molar-refractivity contribution is -0.140. The maximum absolute atomic E-state index is 11.1. The molecule has 19 heavy (non-hydrogen) atoms. The highest BCUT2D eigenvalue weighted by Crippen LogP contribution is 2.20. The Bertz CT molecular complexity index is 590. The second kappa shape index (κ2) is 5.65. The van der Waals surface area contributed by atoms with Crippen LogP contribution in [0.5, 0.6) is 0 Å². The Labute approximate surface area is 111 Å². The van der Waals surface area contributed by atoms with Gasteiger partial charge in [0.1, 0.15) is 17.3 Å². The van der Waals surface area contributed by atoms with Crippen molar-refractivity contribution in [3.63, 3.8) is 0 Å². The molecule has 0 spiro atoms. The third-order valence-corrected chi connectivity index (χ3v) is 2.67. The fourth-order valence-corrected chi connectivity index (χ4v) is 1.76. The van der Waals surface area contributed by atoms with Crippen molar-refractivity contribution in [2.24, 2.45) is 0 Å². The number of aryl methyl sites for hydroxylation is 3. The lowest BCUT2D eigenvalue weighted by Crippen LogP contribution is -2.05. The van der Waals surface area contributed by atoms with Crippen molar-refractivity contribution in [2.45, 2.75) is 26.7 Å². The van der Waals surface area contributed by atoms with E-state index in [4.69, 9.17) is 4.42 Å². The number of ether oxygens (including phenoxy) is 1. The molecule has 0 atom stereocenters. The Morgan fingerprint density at radius 2 is 2.11 bits per heavy atom. The minimum Gasteiger partial charge on any atom is -0.469 e. The summed E-state index contributed by atoms with van der Waals surface area (Å²) in [7, 11) is 1.37. The number of hydrogen-bond acceptors (Lipinski definition) is 5. The molecule has 100 valence electrons. The van der Waals surface area contributed by atoms with E-state index >= 15 is 0 Å². The first-order chi connectivity index (χ1) is 9.08. The quantitative estimate of drug-likeness (QED) is 0.790. The molecule has 0 bridgehead atoms. The van der Waals surface area contributed by atoms with Crippen molar-refractivity contribution >= 4 is 5.97 Å².